The number of carbonyl (C=O) groups is 1. The van der Waals surface area contributed by atoms with Gasteiger partial charge in [-0.2, -0.15) is 5.26 Å². The maximum Gasteiger partial charge on any atom is 0.335 e. The number of nitriles is 1. The molecule has 5 nitrogen and oxygen atoms in total. The predicted octanol–water partition coefficient (Wildman–Crippen LogP) is 3.29. The van der Waals surface area contributed by atoms with Gasteiger partial charge < -0.3 is 14.7 Å². The predicted molar refractivity (Wildman–Crippen MR) is 96.4 cm³/mol. The van der Waals surface area contributed by atoms with E-state index in [0.717, 1.165) is 37.6 Å². The molecule has 0 spiro atoms. The normalized spacial score (nSPS) is 14.8. The van der Waals surface area contributed by atoms with E-state index in [9.17, 15) is 10.1 Å². The van der Waals surface area contributed by atoms with Crippen molar-refractivity contribution in [3.05, 3.63) is 65.2 Å². The van der Waals surface area contributed by atoms with Crippen molar-refractivity contribution in [2.24, 2.45) is 0 Å². The molecular weight excluding hydrogens is 316 g/mol. The maximum absolute atomic E-state index is 10.9. The van der Waals surface area contributed by atoms with Gasteiger partial charge in [0.15, 0.2) is 0 Å². The van der Waals surface area contributed by atoms with Crippen molar-refractivity contribution >= 4 is 23.3 Å². The molecule has 25 heavy (non-hydrogen) atoms. The molecular formula is C20H18N2O3. The van der Waals surface area contributed by atoms with Crippen molar-refractivity contribution in [1.82, 2.24) is 0 Å². The molecule has 1 N–H and O–H groups in total. The van der Waals surface area contributed by atoms with Crippen LogP contribution in [0.5, 0.6) is 0 Å². The Hall–Kier alpha value is -3.10. The summed E-state index contributed by atoms with van der Waals surface area (Å²) in [4.78, 5) is 13.2. The fraction of sp³-hybridized carbons (Fsp3) is 0.200. The van der Waals surface area contributed by atoms with E-state index in [-0.39, 0.29) is 5.56 Å². The Bertz CT molecular complexity index is 812. The molecule has 0 bridgehead atoms. The van der Waals surface area contributed by atoms with Crippen LogP contribution in [0.15, 0.2) is 48.5 Å². The Morgan fingerprint density at radius 3 is 2.20 bits per heavy atom. The second-order valence-electron chi connectivity index (χ2n) is 5.74. The van der Waals surface area contributed by atoms with E-state index < -0.39 is 5.97 Å². The molecule has 1 fully saturated rings. The quantitative estimate of drug-likeness (QED) is 0.686. The molecule has 3 rings (SSSR count). The van der Waals surface area contributed by atoms with Gasteiger partial charge in [0.05, 0.1) is 30.4 Å². The average Bonchev–Trinajstić information content (AvgIpc) is 2.67. The number of hydrogen-bond donors (Lipinski definition) is 1. The monoisotopic (exact) mass is 334 g/mol. The molecule has 2 aromatic rings. The Morgan fingerprint density at radius 1 is 1.04 bits per heavy atom. The van der Waals surface area contributed by atoms with E-state index in [4.69, 9.17) is 9.84 Å². The summed E-state index contributed by atoms with van der Waals surface area (Å²) in [6, 6.07) is 16.5. The van der Waals surface area contributed by atoms with Gasteiger partial charge in [0.1, 0.15) is 0 Å². The standard InChI is InChI=1S/C20H18N2O3/c21-14-18(16-3-5-17(6-4-16)20(23)24)13-15-1-7-19(8-2-15)22-9-11-25-12-10-22/h1-8,13H,9-12H2,(H,23,24)/b18-13-. The number of carboxylic acid groups (broad SMARTS) is 1. The summed E-state index contributed by atoms with van der Waals surface area (Å²) in [5.74, 6) is -0.979. The van der Waals surface area contributed by atoms with Crippen LogP contribution in [-0.4, -0.2) is 37.4 Å². The number of allylic oxidation sites excluding steroid dienone is 1. The van der Waals surface area contributed by atoms with Gasteiger partial charge in [0.25, 0.3) is 0 Å². The zero-order chi connectivity index (χ0) is 17.6. The van der Waals surface area contributed by atoms with Crippen molar-refractivity contribution in [3.63, 3.8) is 0 Å². The SMILES string of the molecule is N#C/C(=C/c1ccc(N2CCOCC2)cc1)c1ccc(C(=O)O)cc1. The molecule has 0 aromatic heterocycles. The number of rotatable bonds is 4. The van der Waals surface area contributed by atoms with E-state index in [1.54, 1.807) is 18.2 Å². The van der Waals surface area contributed by atoms with E-state index in [1.165, 1.54) is 12.1 Å². The van der Waals surface area contributed by atoms with Gasteiger partial charge in [-0.05, 0) is 41.5 Å². The first-order valence-electron chi connectivity index (χ1n) is 8.05. The van der Waals surface area contributed by atoms with Gasteiger partial charge in [0, 0.05) is 18.8 Å². The lowest BCUT2D eigenvalue weighted by atomic mass is 10.0. The highest BCUT2D eigenvalue weighted by molar-refractivity contribution is 5.92. The number of aromatic carboxylic acids is 1. The molecule has 0 atom stereocenters. The van der Waals surface area contributed by atoms with Crippen molar-refractivity contribution < 1.29 is 14.6 Å². The Labute approximate surface area is 146 Å². The number of anilines is 1. The first-order chi connectivity index (χ1) is 12.2. The van der Waals surface area contributed by atoms with Crippen molar-refractivity contribution in [1.29, 1.82) is 5.26 Å². The number of hydrogen-bond acceptors (Lipinski definition) is 4. The molecule has 0 radical (unpaired) electrons. The number of morpholine rings is 1. The molecule has 1 saturated heterocycles. The summed E-state index contributed by atoms with van der Waals surface area (Å²) in [6.45, 7) is 3.25. The van der Waals surface area contributed by atoms with Crippen molar-refractivity contribution in [2.45, 2.75) is 0 Å². The first kappa shape index (κ1) is 16.7. The van der Waals surface area contributed by atoms with Gasteiger partial charge in [-0.15, -0.1) is 0 Å². The Balaban J connectivity index is 1.79. The van der Waals surface area contributed by atoms with Crippen LogP contribution in [0, 0.1) is 11.3 Å². The fourth-order valence-corrected chi connectivity index (χ4v) is 2.74. The van der Waals surface area contributed by atoms with Crippen LogP contribution in [0.3, 0.4) is 0 Å². The first-order valence-corrected chi connectivity index (χ1v) is 8.05. The zero-order valence-electron chi connectivity index (χ0n) is 13.7. The number of nitrogens with zero attached hydrogens (tertiary/aromatic N) is 2. The smallest absolute Gasteiger partial charge is 0.335 e. The third-order valence-electron chi connectivity index (χ3n) is 4.14. The summed E-state index contributed by atoms with van der Waals surface area (Å²) < 4.78 is 5.36. The van der Waals surface area contributed by atoms with Crippen LogP contribution >= 0.6 is 0 Å². The van der Waals surface area contributed by atoms with Crippen molar-refractivity contribution in [2.75, 3.05) is 31.2 Å². The molecule has 1 aliphatic rings. The largest absolute Gasteiger partial charge is 0.478 e. The van der Waals surface area contributed by atoms with Crippen LogP contribution in [0.25, 0.3) is 11.6 Å². The second kappa shape index (κ2) is 7.65. The maximum atomic E-state index is 10.9. The molecule has 126 valence electrons. The van der Waals surface area contributed by atoms with Crippen LogP contribution < -0.4 is 4.90 Å². The fourth-order valence-electron chi connectivity index (χ4n) is 2.74. The van der Waals surface area contributed by atoms with Gasteiger partial charge >= 0.3 is 5.97 Å². The highest BCUT2D eigenvalue weighted by atomic mass is 16.5. The third-order valence-corrected chi connectivity index (χ3v) is 4.14. The van der Waals surface area contributed by atoms with Crippen LogP contribution in [0.2, 0.25) is 0 Å². The molecule has 0 amide bonds. The summed E-state index contributed by atoms with van der Waals surface area (Å²) in [5, 5.41) is 18.4. The van der Waals surface area contributed by atoms with E-state index in [2.05, 4.69) is 11.0 Å². The summed E-state index contributed by atoms with van der Waals surface area (Å²) in [5.41, 5.74) is 3.47. The van der Waals surface area contributed by atoms with Gasteiger partial charge in [-0.1, -0.05) is 24.3 Å². The lowest BCUT2D eigenvalue weighted by Gasteiger charge is -2.28. The summed E-state index contributed by atoms with van der Waals surface area (Å²) in [7, 11) is 0. The second-order valence-corrected chi connectivity index (χ2v) is 5.74. The van der Waals surface area contributed by atoms with E-state index in [1.807, 2.05) is 24.3 Å². The molecule has 0 aliphatic carbocycles. The minimum atomic E-state index is -0.979. The highest BCUT2D eigenvalue weighted by Crippen LogP contribution is 2.21. The van der Waals surface area contributed by atoms with Crippen molar-refractivity contribution in [3.8, 4) is 6.07 Å². The highest BCUT2D eigenvalue weighted by Gasteiger charge is 2.11. The lowest BCUT2D eigenvalue weighted by molar-refractivity contribution is 0.0697. The van der Waals surface area contributed by atoms with E-state index >= 15 is 0 Å². The topological polar surface area (TPSA) is 73.6 Å². The summed E-state index contributed by atoms with van der Waals surface area (Å²) in [6.07, 6.45) is 1.80. The summed E-state index contributed by atoms with van der Waals surface area (Å²) >= 11 is 0. The molecule has 2 aromatic carbocycles. The number of ether oxygens (including phenoxy) is 1. The zero-order valence-corrected chi connectivity index (χ0v) is 13.7. The minimum Gasteiger partial charge on any atom is -0.478 e. The molecule has 1 aliphatic heterocycles. The molecule has 5 heteroatoms. The molecule has 1 heterocycles. The number of carboxylic acids is 1. The minimum absolute atomic E-state index is 0.205. The van der Waals surface area contributed by atoms with Gasteiger partial charge in [-0.25, -0.2) is 4.79 Å². The van der Waals surface area contributed by atoms with Gasteiger partial charge in [0.2, 0.25) is 0 Å². The van der Waals surface area contributed by atoms with Crippen LogP contribution in [0.1, 0.15) is 21.5 Å². The Kier molecular flexibility index (Phi) is 5.12. The van der Waals surface area contributed by atoms with Crippen LogP contribution in [0.4, 0.5) is 5.69 Å². The number of benzene rings is 2. The molecule has 0 saturated carbocycles. The van der Waals surface area contributed by atoms with Gasteiger partial charge in [-0.3, -0.25) is 0 Å². The lowest BCUT2D eigenvalue weighted by Crippen LogP contribution is -2.36. The van der Waals surface area contributed by atoms with Crippen LogP contribution in [-0.2, 0) is 4.74 Å². The third kappa shape index (κ3) is 4.06. The Morgan fingerprint density at radius 2 is 1.64 bits per heavy atom. The average molecular weight is 334 g/mol. The molecule has 0 unspecified atom stereocenters. The van der Waals surface area contributed by atoms with E-state index in [0.29, 0.717) is 11.1 Å².